The number of hydrogen-bond acceptors (Lipinski definition) is 3. The number of amides is 1. The summed E-state index contributed by atoms with van der Waals surface area (Å²) in [7, 11) is 4.01. The SMILES string of the molecule is Cc1ccc(C)c(OC(C)C(=O)NCc2ccc(N(C)C)cc2)c1. The minimum atomic E-state index is -0.536. The smallest absolute Gasteiger partial charge is 0.261 e. The highest BCUT2D eigenvalue weighted by atomic mass is 16.5. The van der Waals surface area contributed by atoms with E-state index >= 15 is 0 Å². The van der Waals surface area contributed by atoms with Crippen molar-refractivity contribution in [2.24, 2.45) is 0 Å². The van der Waals surface area contributed by atoms with Gasteiger partial charge in [0.15, 0.2) is 6.10 Å². The molecule has 2 aromatic carbocycles. The molecule has 128 valence electrons. The Kier molecular flexibility index (Phi) is 5.85. The number of carbonyl (C=O) groups is 1. The van der Waals surface area contributed by atoms with Crippen LogP contribution in [0.2, 0.25) is 0 Å². The molecule has 1 N–H and O–H groups in total. The molecule has 1 amide bonds. The van der Waals surface area contributed by atoms with Crippen LogP contribution >= 0.6 is 0 Å². The first-order valence-electron chi connectivity index (χ1n) is 8.14. The van der Waals surface area contributed by atoms with Crippen LogP contribution in [-0.4, -0.2) is 26.1 Å². The molecule has 0 heterocycles. The van der Waals surface area contributed by atoms with Crippen molar-refractivity contribution in [2.75, 3.05) is 19.0 Å². The lowest BCUT2D eigenvalue weighted by Gasteiger charge is -2.17. The van der Waals surface area contributed by atoms with E-state index in [9.17, 15) is 4.79 Å². The maximum atomic E-state index is 12.2. The third-order valence-corrected chi connectivity index (χ3v) is 3.94. The number of carbonyl (C=O) groups excluding carboxylic acids is 1. The van der Waals surface area contributed by atoms with Crippen LogP contribution in [0.1, 0.15) is 23.6 Å². The van der Waals surface area contributed by atoms with E-state index in [2.05, 4.69) is 5.32 Å². The van der Waals surface area contributed by atoms with Crippen molar-refractivity contribution in [2.45, 2.75) is 33.4 Å². The molecule has 4 heteroatoms. The van der Waals surface area contributed by atoms with Crippen LogP contribution in [0, 0.1) is 13.8 Å². The van der Waals surface area contributed by atoms with Crippen molar-refractivity contribution in [1.29, 1.82) is 0 Å². The number of nitrogens with one attached hydrogen (secondary N) is 1. The van der Waals surface area contributed by atoms with Gasteiger partial charge in [0.25, 0.3) is 5.91 Å². The van der Waals surface area contributed by atoms with Crippen molar-refractivity contribution < 1.29 is 9.53 Å². The molecule has 0 saturated carbocycles. The van der Waals surface area contributed by atoms with Crippen LogP contribution in [0.15, 0.2) is 42.5 Å². The van der Waals surface area contributed by atoms with Gasteiger partial charge in [-0.25, -0.2) is 0 Å². The molecule has 0 fully saturated rings. The Labute approximate surface area is 144 Å². The van der Waals surface area contributed by atoms with E-state index < -0.39 is 6.10 Å². The van der Waals surface area contributed by atoms with Crippen LogP contribution < -0.4 is 15.0 Å². The van der Waals surface area contributed by atoms with E-state index in [-0.39, 0.29) is 5.91 Å². The first-order chi connectivity index (χ1) is 11.4. The maximum Gasteiger partial charge on any atom is 0.261 e. The summed E-state index contributed by atoms with van der Waals surface area (Å²) >= 11 is 0. The van der Waals surface area contributed by atoms with Crippen molar-refractivity contribution >= 4 is 11.6 Å². The van der Waals surface area contributed by atoms with Gasteiger partial charge in [-0.05, 0) is 55.7 Å². The number of benzene rings is 2. The van der Waals surface area contributed by atoms with Crippen molar-refractivity contribution in [3.8, 4) is 5.75 Å². The van der Waals surface area contributed by atoms with E-state index in [0.29, 0.717) is 6.54 Å². The van der Waals surface area contributed by atoms with Crippen LogP contribution in [0.3, 0.4) is 0 Å². The number of nitrogens with zero attached hydrogens (tertiary/aromatic N) is 1. The van der Waals surface area contributed by atoms with E-state index in [1.807, 2.05) is 75.3 Å². The van der Waals surface area contributed by atoms with Gasteiger partial charge in [0.2, 0.25) is 0 Å². The Hall–Kier alpha value is -2.49. The summed E-state index contributed by atoms with van der Waals surface area (Å²) in [5, 5.41) is 2.92. The molecular weight excluding hydrogens is 300 g/mol. The first-order valence-corrected chi connectivity index (χ1v) is 8.14. The van der Waals surface area contributed by atoms with E-state index in [1.165, 1.54) is 0 Å². The lowest BCUT2D eigenvalue weighted by molar-refractivity contribution is -0.127. The number of hydrogen-bond donors (Lipinski definition) is 1. The summed E-state index contributed by atoms with van der Waals surface area (Å²) in [4.78, 5) is 14.3. The predicted molar refractivity (Wildman–Crippen MR) is 98.6 cm³/mol. The summed E-state index contributed by atoms with van der Waals surface area (Å²) < 4.78 is 5.81. The number of anilines is 1. The number of rotatable bonds is 6. The molecule has 24 heavy (non-hydrogen) atoms. The molecule has 1 atom stereocenters. The van der Waals surface area contributed by atoms with Gasteiger partial charge >= 0.3 is 0 Å². The Morgan fingerprint density at radius 3 is 2.42 bits per heavy atom. The molecule has 0 aliphatic carbocycles. The summed E-state index contributed by atoms with van der Waals surface area (Å²) in [6.07, 6.45) is -0.536. The second-order valence-electron chi connectivity index (χ2n) is 6.31. The Balaban J connectivity index is 1.90. The standard InChI is InChI=1S/C20H26N2O2/c1-14-6-7-15(2)19(12-14)24-16(3)20(23)21-13-17-8-10-18(11-9-17)22(4)5/h6-12,16H,13H2,1-5H3,(H,21,23). The van der Waals surface area contributed by atoms with Crippen LogP contribution in [0.25, 0.3) is 0 Å². The summed E-state index contributed by atoms with van der Waals surface area (Å²) in [5.41, 5.74) is 4.34. The Bertz CT molecular complexity index is 693. The van der Waals surface area contributed by atoms with E-state index in [0.717, 1.165) is 28.1 Å². The van der Waals surface area contributed by atoms with Gasteiger partial charge in [-0.2, -0.15) is 0 Å². The Morgan fingerprint density at radius 1 is 1.12 bits per heavy atom. The molecule has 0 bridgehead atoms. The zero-order chi connectivity index (χ0) is 17.7. The highest BCUT2D eigenvalue weighted by molar-refractivity contribution is 5.80. The number of ether oxygens (including phenoxy) is 1. The lowest BCUT2D eigenvalue weighted by atomic mass is 10.1. The largest absolute Gasteiger partial charge is 0.481 e. The molecule has 0 radical (unpaired) electrons. The molecule has 0 aliphatic rings. The first kappa shape index (κ1) is 17.9. The minimum Gasteiger partial charge on any atom is -0.481 e. The van der Waals surface area contributed by atoms with Gasteiger partial charge in [0, 0.05) is 26.3 Å². The normalized spacial score (nSPS) is 11.7. The molecule has 4 nitrogen and oxygen atoms in total. The fourth-order valence-corrected chi connectivity index (χ4v) is 2.32. The molecular formula is C20H26N2O2. The van der Waals surface area contributed by atoms with Crippen LogP contribution in [-0.2, 0) is 11.3 Å². The van der Waals surface area contributed by atoms with Gasteiger partial charge < -0.3 is 15.0 Å². The lowest BCUT2D eigenvalue weighted by Crippen LogP contribution is -2.36. The van der Waals surface area contributed by atoms with Crippen molar-refractivity contribution in [3.63, 3.8) is 0 Å². The fourth-order valence-electron chi connectivity index (χ4n) is 2.32. The van der Waals surface area contributed by atoms with Crippen molar-refractivity contribution in [1.82, 2.24) is 5.32 Å². The molecule has 0 aromatic heterocycles. The second-order valence-corrected chi connectivity index (χ2v) is 6.31. The Morgan fingerprint density at radius 2 is 1.79 bits per heavy atom. The molecule has 1 unspecified atom stereocenters. The second kappa shape index (κ2) is 7.86. The molecule has 0 aliphatic heterocycles. The van der Waals surface area contributed by atoms with Crippen LogP contribution in [0.4, 0.5) is 5.69 Å². The molecule has 2 aromatic rings. The summed E-state index contributed by atoms with van der Waals surface area (Å²) in [6.45, 7) is 6.25. The summed E-state index contributed by atoms with van der Waals surface area (Å²) in [5.74, 6) is 0.639. The average molecular weight is 326 g/mol. The molecule has 2 rings (SSSR count). The maximum absolute atomic E-state index is 12.2. The zero-order valence-electron chi connectivity index (χ0n) is 15.1. The topological polar surface area (TPSA) is 41.6 Å². The fraction of sp³-hybridized carbons (Fsp3) is 0.350. The van der Waals surface area contributed by atoms with Crippen molar-refractivity contribution in [3.05, 3.63) is 59.2 Å². The molecule has 0 saturated heterocycles. The van der Waals surface area contributed by atoms with Gasteiger partial charge in [0.05, 0.1) is 0 Å². The summed E-state index contributed by atoms with van der Waals surface area (Å²) in [6, 6.07) is 14.1. The van der Waals surface area contributed by atoms with Gasteiger partial charge in [-0.1, -0.05) is 24.3 Å². The monoisotopic (exact) mass is 326 g/mol. The third kappa shape index (κ3) is 4.75. The quantitative estimate of drug-likeness (QED) is 0.884. The third-order valence-electron chi connectivity index (χ3n) is 3.94. The highest BCUT2D eigenvalue weighted by Gasteiger charge is 2.15. The number of aryl methyl sites for hydroxylation is 2. The molecule has 0 spiro atoms. The predicted octanol–water partition coefficient (Wildman–Crippen LogP) is 3.45. The zero-order valence-corrected chi connectivity index (χ0v) is 15.1. The average Bonchev–Trinajstić information content (AvgIpc) is 2.56. The van der Waals surface area contributed by atoms with E-state index in [1.54, 1.807) is 6.92 Å². The van der Waals surface area contributed by atoms with E-state index in [4.69, 9.17) is 4.74 Å². The van der Waals surface area contributed by atoms with Crippen LogP contribution in [0.5, 0.6) is 5.75 Å². The van der Waals surface area contributed by atoms with Gasteiger partial charge in [-0.3, -0.25) is 4.79 Å². The minimum absolute atomic E-state index is 0.118. The van der Waals surface area contributed by atoms with Gasteiger partial charge in [0.1, 0.15) is 5.75 Å². The highest BCUT2D eigenvalue weighted by Crippen LogP contribution is 2.20. The van der Waals surface area contributed by atoms with Gasteiger partial charge in [-0.15, -0.1) is 0 Å².